The van der Waals surface area contributed by atoms with E-state index in [-0.39, 0.29) is 6.42 Å². The Hall–Kier alpha value is -2.51. The Morgan fingerprint density at radius 2 is 1.62 bits per heavy atom. The number of nitrogens with one attached hydrogen (secondary N) is 1. The van der Waals surface area contributed by atoms with Crippen LogP contribution in [0, 0.1) is 17.6 Å². The highest BCUT2D eigenvalue weighted by molar-refractivity contribution is 5.86. The van der Waals surface area contributed by atoms with Crippen LogP contribution in [0.5, 0.6) is 0 Å². The smallest absolute Gasteiger partial charge is 0.328 e. The van der Waals surface area contributed by atoms with Gasteiger partial charge in [-0.05, 0) is 18.6 Å². The van der Waals surface area contributed by atoms with Crippen molar-refractivity contribution in [3.05, 3.63) is 35.4 Å². The van der Waals surface area contributed by atoms with Gasteiger partial charge in [0.2, 0.25) is 5.91 Å². The SMILES string of the molecule is COC(=O)[C@H](C)C[C@@H](NC(=O)Cc1c(F)cccc1F)C(=O)OC. The van der Waals surface area contributed by atoms with Gasteiger partial charge in [-0.25, -0.2) is 13.6 Å². The summed E-state index contributed by atoms with van der Waals surface area (Å²) in [5.74, 6) is -4.49. The molecule has 1 amide bonds. The molecule has 1 aromatic rings. The minimum atomic E-state index is -1.13. The topological polar surface area (TPSA) is 81.7 Å². The highest BCUT2D eigenvalue weighted by atomic mass is 19.1. The van der Waals surface area contributed by atoms with E-state index in [1.54, 1.807) is 0 Å². The first-order chi connectivity index (χ1) is 11.3. The van der Waals surface area contributed by atoms with E-state index in [1.165, 1.54) is 20.1 Å². The number of carbonyl (C=O) groups is 3. The number of halogens is 2. The fourth-order valence-electron chi connectivity index (χ4n) is 2.11. The lowest BCUT2D eigenvalue weighted by Crippen LogP contribution is -2.44. The zero-order valence-corrected chi connectivity index (χ0v) is 13.6. The van der Waals surface area contributed by atoms with E-state index >= 15 is 0 Å². The summed E-state index contributed by atoms with van der Waals surface area (Å²) in [6.07, 6.45) is -0.649. The molecule has 0 saturated carbocycles. The molecule has 24 heavy (non-hydrogen) atoms. The molecule has 0 radical (unpaired) electrons. The monoisotopic (exact) mass is 343 g/mol. The van der Waals surface area contributed by atoms with Gasteiger partial charge in [-0.15, -0.1) is 0 Å². The van der Waals surface area contributed by atoms with Crippen LogP contribution in [0.4, 0.5) is 8.78 Å². The van der Waals surface area contributed by atoms with Crippen molar-refractivity contribution < 1.29 is 32.6 Å². The molecule has 0 aliphatic rings. The first-order valence-corrected chi connectivity index (χ1v) is 7.18. The number of rotatable bonds is 7. The molecule has 0 unspecified atom stereocenters. The second-order valence-electron chi connectivity index (χ2n) is 5.18. The van der Waals surface area contributed by atoms with Crippen molar-refractivity contribution in [2.24, 2.45) is 5.92 Å². The van der Waals surface area contributed by atoms with Crippen molar-refractivity contribution in [3.63, 3.8) is 0 Å². The first-order valence-electron chi connectivity index (χ1n) is 7.18. The predicted octanol–water partition coefficient (Wildman–Crippen LogP) is 1.36. The minimum absolute atomic E-state index is 0.0646. The van der Waals surface area contributed by atoms with E-state index in [1.807, 2.05) is 0 Å². The molecule has 0 fully saturated rings. The number of hydrogen-bond acceptors (Lipinski definition) is 5. The van der Waals surface area contributed by atoms with Crippen molar-refractivity contribution in [2.75, 3.05) is 14.2 Å². The van der Waals surface area contributed by atoms with Crippen LogP contribution in [0.25, 0.3) is 0 Å². The molecular formula is C16H19F2NO5. The number of methoxy groups -OCH3 is 2. The van der Waals surface area contributed by atoms with Gasteiger partial charge in [-0.3, -0.25) is 9.59 Å². The third kappa shape index (κ3) is 5.29. The van der Waals surface area contributed by atoms with E-state index in [9.17, 15) is 23.2 Å². The van der Waals surface area contributed by atoms with Crippen LogP contribution in [0.15, 0.2) is 18.2 Å². The summed E-state index contributed by atoms with van der Waals surface area (Å²) in [5.41, 5.74) is -0.403. The third-order valence-electron chi connectivity index (χ3n) is 3.41. The Kier molecular flexibility index (Phi) is 7.29. The van der Waals surface area contributed by atoms with Gasteiger partial charge in [0.25, 0.3) is 0 Å². The lowest BCUT2D eigenvalue weighted by atomic mass is 10.0. The maximum atomic E-state index is 13.6. The largest absolute Gasteiger partial charge is 0.469 e. The molecule has 0 spiro atoms. The summed E-state index contributed by atoms with van der Waals surface area (Å²) < 4.78 is 36.3. The van der Waals surface area contributed by atoms with Gasteiger partial charge in [0.1, 0.15) is 17.7 Å². The molecule has 0 saturated heterocycles. The molecule has 1 aromatic carbocycles. The van der Waals surface area contributed by atoms with Gasteiger partial charge < -0.3 is 14.8 Å². The quantitative estimate of drug-likeness (QED) is 0.756. The average Bonchev–Trinajstić information content (AvgIpc) is 2.56. The fourth-order valence-corrected chi connectivity index (χ4v) is 2.11. The zero-order valence-electron chi connectivity index (χ0n) is 13.6. The third-order valence-corrected chi connectivity index (χ3v) is 3.41. The van der Waals surface area contributed by atoms with Crippen LogP contribution in [-0.4, -0.2) is 38.1 Å². The predicted molar refractivity (Wildman–Crippen MR) is 79.8 cm³/mol. The molecule has 0 aliphatic carbocycles. The maximum Gasteiger partial charge on any atom is 0.328 e. The Morgan fingerprint density at radius 3 is 2.12 bits per heavy atom. The molecule has 132 valence electrons. The number of ether oxygens (including phenoxy) is 2. The van der Waals surface area contributed by atoms with Crippen molar-refractivity contribution in [3.8, 4) is 0 Å². The molecule has 0 bridgehead atoms. The van der Waals surface area contributed by atoms with Crippen LogP contribution < -0.4 is 5.32 Å². The Balaban J connectivity index is 2.81. The molecule has 0 heterocycles. The number of amides is 1. The molecule has 0 aromatic heterocycles. The molecule has 2 atom stereocenters. The van der Waals surface area contributed by atoms with Gasteiger partial charge in [0, 0.05) is 5.56 Å². The molecular weight excluding hydrogens is 324 g/mol. The van der Waals surface area contributed by atoms with Crippen LogP contribution >= 0.6 is 0 Å². The van der Waals surface area contributed by atoms with E-state index in [2.05, 4.69) is 14.8 Å². The fraction of sp³-hybridized carbons (Fsp3) is 0.438. The van der Waals surface area contributed by atoms with Crippen LogP contribution in [0.3, 0.4) is 0 Å². The van der Waals surface area contributed by atoms with Crippen molar-refractivity contribution >= 4 is 17.8 Å². The number of esters is 2. The van der Waals surface area contributed by atoms with Gasteiger partial charge in [-0.1, -0.05) is 13.0 Å². The Labute approximate surface area is 138 Å². The molecule has 8 heteroatoms. The number of benzene rings is 1. The van der Waals surface area contributed by atoms with Gasteiger partial charge >= 0.3 is 11.9 Å². The van der Waals surface area contributed by atoms with Gasteiger partial charge in [0.05, 0.1) is 26.6 Å². The van der Waals surface area contributed by atoms with E-state index < -0.39 is 53.4 Å². The minimum Gasteiger partial charge on any atom is -0.469 e. The van der Waals surface area contributed by atoms with Crippen LogP contribution in [0.2, 0.25) is 0 Å². The van der Waals surface area contributed by atoms with E-state index in [0.29, 0.717) is 0 Å². The maximum absolute atomic E-state index is 13.6. The van der Waals surface area contributed by atoms with Gasteiger partial charge in [0.15, 0.2) is 0 Å². The van der Waals surface area contributed by atoms with Crippen molar-refractivity contribution in [1.29, 1.82) is 0 Å². The summed E-state index contributed by atoms with van der Waals surface area (Å²) in [6, 6.07) is 2.11. The number of hydrogen-bond donors (Lipinski definition) is 1. The Bertz CT molecular complexity index is 600. The summed E-state index contributed by atoms with van der Waals surface area (Å²) in [7, 11) is 2.33. The summed E-state index contributed by atoms with van der Waals surface area (Å²) in [6.45, 7) is 1.52. The summed E-state index contributed by atoms with van der Waals surface area (Å²) in [5, 5.41) is 2.33. The highest BCUT2D eigenvalue weighted by Crippen LogP contribution is 2.14. The van der Waals surface area contributed by atoms with Crippen molar-refractivity contribution in [1.82, 2.24) is 5.32 Å². The number of carbonyl (C=O) groups excluding carboxylic acids is 3. The standard InChI is InChI=1S/C16H19F2NO5/c1-9(15(21)23-2)7-13(16(22)24-3)19-14(20)8-10-11(17)5-4-6-12(10)18/h4-6,9,13H,7-8H2,1-3H3,(H,19,20)/t9-,13-/m1/s1. The van der Waals surface area contributed by atoms with Crippen LogP contribution in [-0.2, 0) is 30.3 Å². The average molecular weight is 343 g/mol. The van der Waals surface area contributed by atoms with E-state index in [4.69, 9.17) is 0 Å². The summed E-state index contributed by atoms with van der Waals surface area (Å²) in [4.78, 5) is 35.2. The Morgan fingerprint density at radius 1 is 1.08 bits per heavy atom. The summed E-state index contributed by atoms with van der Waals surface area (Å²) >= 11 is 0. The lowest BCUT2D eigenvalue weighted by Gasteiger charge is -2.19. The second-order valence-corrected chi connectivity index (χ2v) is 5.18. The lowest BCUT2D eigenvalue weighted by molar-refractivity contribution is -0.148. The normalized spacial score (nSPS) is 12.9. The highest BCUT2D eigenvalue weighted by Gasteiger charge is 2.27. The van der Waals surface area contributed by atoms with Crippen molar-refractivity contribution in [2.45, 2.75) is 25.8 Å². The molecule has 0 aliphatic heterocycles. The van der Waals surface area contributed by atoms with E-state index in [0.717, 1.165) is 19.2 Å². The zero-order chi connectivity index (χ0) is 18.3. The first kappa shape index (κ1) is 19.5. The molecule has 1 N–H and O–H groups in total. The van der Waals surface area contributed by atoms with Gasteiger partial charge in [-0.2, -0.15) is 0 Å². The molecule has 1 rings (SSSR count). The molecule has 6 nitrogen and oxygen atoms in total. The van der Waals surface area contributed by atoms with Crippen LogP contribution in [0.1, 0.15) is 18.9 Å². The second kappa shape index (κ2) is 8.95.